The first kappa shape index (κ1) is 26.9. The number of fused-ring (bicyclic) bond motifs is 1. The summed E-state index contributed by atoms with van der Waals surface area (Å²) in [6.07, 6.45) is 2.76. The third-order valence-corrected chi connectivity index (χ3v) is 8.24. The van der Waals surface area contributed by atoms with Crippen molar-refractivity contribution in [3.8, 4) is 0 Å². The van der Waals surface area contributed by atoms with E-state index in [1.807, 2.05) is 29.2 Å². The van der Waals surface area contributed by atoms with Gasteiger partial charge in [0.05, 0.1) is 15.5 Å². The number of nitrogens with one attached hydrogen (secondary N) is 1. The summed E-state index contributed by atoms with van der Waals surface area (Å²) in [5.74, 6) is -0.0586. The average Bonchev–Trinajstić information content (AvgIpc) is 3.17. The first-order valence-corrected chi connectivity index (χ1v) is 13.8. The third kappa shape index (κ3) is 5.68. The van der Waals surface area contributed by atoms with E-state index in [4.69, 9.17) is 0 Å². The summed E-state index contributed by atoms with van der Waals surface area (Å²) in [6, 6.07) is 18.0. The van der Waals surface area contributed by atoms with Crippen LogP contribution >= 0.6 is 15.9 Å². The standard InChI is InChI=1S/C30H30BrFN4O3/c1-34-26-11-7-22(18-27(26)35(2)30(34)39)29(38)33-23-8-5-20(6-9-23)21-13-15-36(16-14-21)28(37)12-4-19-3-10-25(32)24(31)17-19/h3,5-11,17-18,21H,4,12-16H2,1-2H3,(H,33,38). The lowest BCUT2D eigenvalue weighted by Crippen LogP contribution is -2.38. The quantitative estimate of drug-likeness (QED) is 0.327. The zero-order valence-corrected chi connectivity index (χ0v) is 23.5. The van der Waals surface area contributed by atoms with Crippen LogP contribution in [-0.4, -0.2) is 38.9 Å². The van der Waals surface area contributed by atoms with Gasteiger partial charge in [-0.15, -0.1) is 0 Å². The maximum Gasteiger partial charge on any atom is 0.328 e. The number of nitrogens with zero attached hydrogens (tertiary/aromatic N) is 3. The number of benzene rings is 3. The molecule has 2 heterocycles. The SMILES string of the molecule is Cn1c(=O)n(C)c2cc(C(=O)Nc3ccc(C4CCN(C(=O)CCc5ccc(F)c(Br)c5)CC4)cc3)ccc21. The Morgan fingerprint density at radius 2 is 1.64 bits per heavy atom. The number of carbonyl (C=O) groups excluding carboxylic acids is 2. The van der Waals surface area contributed by atoms with Crippen molar-refractivity contribution in [2.75, 3.05) is 18.4 Å². The van der Waals surface area contributed by atoms with Crippen LogP contribution in [0.15, 0.2) is 69.9 Å². The molecule has 5 rings (SSSR count). The third-order valence-electron chi connectivity index (χ3n) is 7.63. The van der Waals surface area contributed by atoms with Crippen LogP contribution in [-0.2, 0) is 25.3 Å². The fourth-order valence-electron chi connectivity index (χ4n) is 5.26. The molecule has 0 bridgehead atoms. The van der Waals surface area contributed by atoms with E-state index in [-0.39, 0.29) is 23.3 Å². The summed E-state index contributed by atoms with van der Waals surface area (Å²) in [5, 5.41) is 2.94. The van der Waals surface area contributed by atoms with E-state index in [0.29, 0.717) is 53.1 Å². The number of amides is 2. The molecule has 1 N–H and O–H groups in total. The Morgan fingerprint density at radius 3 is 2.33 bits per heavy atom. The van der Waals surface area contributed by atoms with Crippen molar-refractivity contribution in [1.82, 2.24) is 14.0 Å². The number of likely N-dealkylation sites (tertiary alicyclic amines) is 1. The Labute approximate surface area is 234 Å². The summed E-state index contributed by atoms with van der Waals surface area (Å²) in [5.41, 5.74) is 4.66. The highest BCUT2D eigenvalue weighted by molar-refractivity contribution is 9.10. The highest BCUT2D eigenvalue weighted by Crippen LogP contribution is 2.29. The summed E-state index contributed by atoms with van der Waals surface area (Å²) in [4.78, 5) is 39.7. The average molecular weight is 593 g/mol. The van der Waals surface area contributed by atoms with E-state index in [2.05, 4.69) is 21.2 Å². The highest BCUT2D eigenvalue weighted by Gasteiger charge is 2.24. The molecule has 0 aliphatic carbocycles. The summed E-state index contributed by atoms with van der Waals surface area (Å²) >= 11 is 3.20. The molecule has 9 heteroatoms. The molecule has 7 nitrogen and oxygen atoms in total. The Bertz CT molecular complexity index is 1600. The van der Waals surface area contributed by atoms with E-state index in [1.165, 1.54) is 16.2 Å². The molecule has 1 aliphatic rings. The van der Waals surface area contributed by atoms with Gasteiger partial charge in [-0.3, -0.25) is 18.7 Å². The van der Waals surface area contributed by atoms with Gasteiger partial charge in [0.2, 0.25) is 5.91 Å². The van der Waals surface area contributed by atoms with Crippen molar-refractivity contribution in [3.63, 3.8) is 0 Å². The molecule has 0 unspecified atom stereocenters. The number of carbonyl (C=O) groups is 2. The fourth-order valence-corrected chi connectivity index (χ4v) is 5.68. The minimum absolute atomic E-state index is 0.126. The number of anilines is 1. The Balaban J connectivity index is 1.14. The van der Waals surface area contributed by atoms with Crippen LogP contribution in [0.2, 0.25) is 0 Å². The molecule has 1 saturated heterocycles. The largest absolute Gasteiger partial charge is 0.343 e. The number of hydrogen-bond donors (Lipinski definition) is 1. The van der Waals surface area contributed by atoms with Gasteiger partial charge < -0.3 is 10.2 Å². The number of aryl methyl sites for hydroxylation is 3. The van der Waals surface area contributed by atoms with Crippen LogP contribution in [0.4, 0.5) is 10.1 Å². The normalized spacial score (nSPS) is 14.1. The number of halogens is 2. The molecular weight excluding hydrogens is 563 g/mol. The molecular formula is C30H30BrFN4O3. The fraction of sp³-hybridized carbons (Fsp3) is 0.300. The zero-order valence-electron chi connectivity index (χ0n) is 21.9. The van der Waals surface area contributed by atoms with Gasteiger partial charge >= 0.3 is 5.69 Å². The lowest BCUT2D eigenvalue weighted by atomic mass is 9.89. The number of imidazole rings is 1. The molecule has 4 aromatic rings. The minimum Gasteiger partial charge on any atom is -0.343 e. The van der Waals surface area contributed by atoms with Gasteiger partial charge in [0.15, 0.2) is 0 Å². The molecule has 0 radical (unpaired) electrons. The predicted octanol–water partition coefficient (Wildman–Crippen LogP) is 5.37. The number of hydrogen-bond acceptors (Lipinski definition) is 3. The molecule has 3 aromatic carbocycles. The van der Waals surface area contributed by atoms with E-state index in [1.54, 1.807) is 49.0 Å². The monoisotopic (exact) mass is 592 g/mol. The topological polar surface area (TPSA) is 76.3 Å². The second kappa shape index (κ2) is 11.2. The second-order valence-corrected chi connectivity index (χ2v) is 10.9. The van der Waals surface area contributed by atoms with Gasteiger partial charge in [-0.25, -0.2) is 9.18 Å². The number of aromatic nitrogens is 2. The van der Waals surface area contributed by atoms with Crippen LogP contribution < -0.4 is 11.0 Å². The van der Waals surface area contributed by atoms with Gasteiger partial charge in [-0.05, 0) is 94.7 Å². The van der Waals surface area contributed by atoms with Crippen molar-refractivity contribution in [1.29, 1.82) is 0 Å². The van der Waals surface area contributed by atoms with E-state index >= 15 is 0 Å². The summed E-state index contributed by atoms with van der Waals surface area (Å²) in [7, 11) is 3.40. The summed E-state index contributed by atoms with van der Waals surface area (Å²) < 4.78 is 16.9. The van der Waals surface area contributed by atoms with Gasteiger partial charge in [0.25, 0.3) is 5.91 Å². The van der Waals surface area contributed by atoms with Crippen molar-refractivity contribution in [3.05, 3.63) is 98.1 Å². The lowest BCUT2D eigenvalue weighted by Gasteiger charge is -2.32. The Morgan fingerprint density at radius 1 is 0.949 bits per heavy atom. The molecule has 0 saturated carbocycles. The maximum absolute atomic E-state index is 13.4. The molecule has 1 aromatic heterocycles. The van der Waals surface area contributed by atoms with Crippen molar-refractivity contribution in [2.24, 2.45) is 14.1 Å². The van der Waals surface area contributed by atoms with Crippen molar-refractivity contribution >= 4 is 44.5 Å². The Hall–Kier alpha value is -3.72. The van der Waals surface area contributed by atoms with Gasteiger partial charge in [-0.2, -0.15) is 0 Å². The molecule has 0 atom stereocenters. The first-order chi connectivity index (χ1) is 18.7. The summed E-state index contributed by atoms with van der Waals surface area (Å²) in [6.45, 7) is 1.42. The molecule has 2 amide bonds. The maximum atomic E-state index is 13.4. The smallest absolute Gasteiger partial charge is 0.328 e. The highest BCUT2D eigenvalue weighted by atomic mass is 79.9. The predicted molar refractivity (Wildman–Crippen MR) is 154 cm³/mol. The minimum atomic E-state index is -0.304. The van der Waals surface area contributed by atoms with Crippen molar-refractivity contribution < 1.29 is 14.0 Å². The molecule has 39 heavy (non-hydrogen) atoms. The van der Waals surface area contributed by atoms with Crippen LogP contribution in [0.3, 0.4) is 0 Å². The van der Waals surface area contributed by atoms with Gasteiger partial charge in [0, 0.05) is 44.9 Å². The van der Waals surface area contributed by atoms with Crippen LogP contribution in [0.25, 0.3) is 11.0 Å². The molecule has 202 valence electrons. The van der Waals surface area contributed by atoms with Crippen LogP contribution in [0.5, 0.6) is 0 Å². The van der Waals surface area contributed by atoms with E-state index in [9.17, 15) is 18.8 Å². The molecule has 1 aliphatic heterocycles. The zero-order chi connectivity index (χ0) is 27.7. The molecule has 1 fully saturated rings. The number of piperidine rings is 1. The number of rotatable bonds is 6. The van der Waals surface area contributed by atoms with E-state index < -0.39 is 0 Å². The van der Waals surface area contributed by atoms with Crippen LogP contribution in [0, 0.1) is 5.82 Å². The van der Waals surface area contributed by atoms with E-state index in [0.717, 1.165) is 23.9 Å². The van der Waals surface area contributed by atoms with Gasteiger partial charge in [0.1, 0.15) is 5.82 Å². The Kier molecular flexibility index (Phi) is 7.70. The van der Waals surface area contributed by atoms with Crippen LogP contribution in [0.1, 0.15) is 46.7 Å². The molecule has 0 spiro atoms. The van der Waals surface area contributed by atoms with Gasteiger partial charge in [-0.1, -0.05) is 18.2 Å². The second-order valence-electron chi connectivity index (χ2n) is 10.1. The first-order valence-electron chi connectivity index (χ1n) is 13.0. The van der Waals surface area contributed by atoms with Crippen molar-refractivity contribution in [2.45, 2.75) is 31.6 Å². The lowest BCUT2D eigenvalue weighted by molar-refractivity contribution is -0.132.